The van der Waals surface area contributed by atoms with Crippen molar-refractivity contribution in [1.29, 1.82) is 0 Å². The van der Waals surface area contributed by atoms with Crippen LogP contribution in [0.25, 0.3) is 11.1 Å². The van der Waals surface area contributed by atoms with Crippen LogP contribution in [0.15, 0.2) is 48.5 Å². The quantitative estimate of drug-likeness (QED) is 0.497. The highest BCUT2D eigenvalue weighted by Crippen LogP contribution is 2.44. The van der Waals surface area contributed by atoms with Gasteiger partial charge < -0.3 is 20.3 Å². The van der Waals surface area contributed by atoms with Gasteiger partial charge in [0.15, 0.2) is 6.10 Å². The van der Waals surface area contributed by atoms with Gasteiger partial charge in [0, 0.05) is 5.92 Å². The Bertz CT molecular complexity index is 1030. The number of aliphatic hydroxyl groups excluding tert-OH is 1. The molecule has 0 bridgehead atoms. The summed E-state index contributed by atoms with van der Waals surface area (Å²) >= 11 is 0. The van der Waals surface area contributed by atoms with Gasteiger partial charge in [-0.15, -0.1) is 0 Å². The zero-order chi connectivity index (χ0) is 24.4. The lowest BCUT2D eigenvalue weighted by Gasteiger charge is -2.31. The molecule has 176 valence electrons. The minimum Gasteiger partial charge on any atom is -0.479 e. The highest BCUT2D eigenvalue weighted by molar-refractivity contribution is 5.91. The molecule has 2 aromatic rings. The first-order valence-electron chi connectivity index (χ1n) is 9.84. The largest absolute Gasteiger partial charge is 0.479 e. The summed E-state index contributed by atoms with van der Waals surface area (Å²) in [6.45, 7) is -0.837. The van der Waals surface area contributed by atoms with Gasteiger partial charge in [0.2, 0.25) is 5.54 Å². The van der Waals surface area contributed by atoms with Crippen molar-refractivity contribution in [2.45, 2.75) is 30.7 Å². The number of carbonyl (C=O) groups excluding carboxylic acids is 2. The summed E-state index contributed by atoms with van der Waals surface area (Å²) in [4.78, 5) is 35.0. The van der Waals surface area contributed by atoms with Crippen molar-refractivity contribution in [3.8, 4) is 11.1 Å². The van der Waals surface area contributed by atoms with E-state index in [4.69, 9.17) is 9.84 Å². The molecule has 0 heterocycles. The van der Waals surface area contributed by atoms with Gasteiger partial charge in [-0.3, -0.25) is 10.1 Å². The highest BCUT2D eigenvalue weighted by atomic mass is 19.4. The van der Waals surface area contributed by atoms with Crippen LogP contribution in [-0.4, -0.2) is 59.2 Å². The number of aliphatic hydroxyl groups is 1. The summed E-state index contributed by atoms with van der Waals surface area (Å²) in [6, 6.07) is 14.8. The van der Waals surface area contributed by atoms with Crippen molar-refractivity contribution in [2.75, 3.05) is 13.2 Å². The number of carboxylic acids is 1. The van der Waals surface area contributed by atoms with E-state index in [9.17, 15) is 32.7 Å². The number of fused-ring (bicyclic) bond motifs is 3. The molecule has 2 amide bonds. The van der Waals surface area contributed by atoms with Crippen molar-refractivity contribution in [3.63, 3.8) is 0 Å². The maximum Gasteiger partial charge on any atom is 0.420 e. The highest BCUT2D eigenvalue weighted by Gasteiger charge is 2.58. The van der Waals surface area contributed by atoms with Gasteiger partial charge >= 0.3 is 18.2 Å². The van der Waals surface area contributed by atoms with Crippen LogP contribution in [0.4, 0.5) is 18.0 Å². The SMILES string of the molecule is CC(NC(=O)OCC1c2ccccc2-c2ccccc21)(C(=O)NCC(O)C(=O)O)C(F)(F)F. The van der Waals surface area contributed by atoms with Crippen LogP contribution < -0.4 is 10.6 Å². The Hall–Kier alpha value is -3.60. The summed E-state index contributed by atoms with van der Waals surface area (Å²) in [6.07, 6.45) is -8.83. The van der Waals surface area contributed by atoms with Gasteiger partial charge in [0.25, 0.3) is 5.91 Å². The first-order valence-corrected chi connectivity index (χ1v) is 9.84. The summed E-state index contributed by atoms with van der Waals surface area (Å²) in [5, 5.41) is 21.0. The fraction of sp³-hybridized carbons (Fsp3) is 0.318. The Kier molecular flexibility index (Phi) is 6.63. The van der Waals surface area contributed by atoms with Gasteiger partial charge in [-0.25, -0.2) is 9.59 Å². The zero-order valence-corrected chi connectivity index (χ0v) is 17.3. The first-order chi connectivity index (χ1) is 15.5. The average Bonchev–Trinajstić information content (AvgIpc) is 3.08. The number of aliphatic carboxylic acids is 1. The first kappa shape index (κ1) is 24.1. The molecule has 0 spiro atoms. The van der Waals surface area contributed by atoms with E-state index < -0.39 is 48.3 Å². The van der Waals surface area contributed by atoms with Crippen molar-refractivity contribution in [1.82, 2.24) is 10.6 Å². The lowest BCUT2D eigenvalue weighted by molar-refractivity contribution is -0.194. The number of nitrogens with one attached hydrogen (secondary N) is 2. The molecule has 4 N–H and O–H groups in total. The second-order valence-corrected chi connectivity index (χ2v) is 7.64. The van der Waals surface area contributed by atoms with Crippen LogP contribution in [0, 0.1) is 0 Å². The maximum atomic E-state index is 13.6. The Morgan fingerprint density at radius 3 is 2.03 bits per heavy atom. The average molecular weight is 466 g/mol. The number of carbonyl (C=O) groups is 3. The fourth-order valence-electron chi connectivity index (χ4n) is 3.55. The molecule has 2 atom stereocenters. The molecule has 3 rings (SSSR count). The number of halogens is 3. The smallest absolute Gasteiger partial charge is 0.420 e. The van der Waals surface area contributed by atoms with Crippen molar-refractivity contribution in [3.05, 3.63) is 59.7 Å². The molecule has 1 aliphatic rings. The Morgan fingerprint density at radius 1 is 1.03 bits per heavy atom. The normalized spacial score (nSPS) is 15.5. The number of ether oxygens (including phenoxy) is 1. The lowest BCUT2D eigenvalue weighted by atomic mass is 9.98. The number of hydrogen-bond donors (Lipinski definition) is 4. The van der Waals surface area contributed by atoms with E-state index in [0.717, 1.165) is 22.3 Å². The summed E-state index contributed by atoms with van der Waals surface area (Å²) in [5.41, 5.74) is 0.140. The predicted molar refractivity (Wildman–Crippen MR) is 109 cm³/mol. The van der Waals surface area contributed by atoms with Gasteiger partial charge in [-0.05, 0) is 29.2 Å². The van der Waals surface area contributed by atoms with E-state index in [1.807, 2.05) is 36.4 Å². The molecular weight excluding hydrogens is 445 g/mol. The molecule has 0 aromatic heterocycles. The Morgan fingerprint density at radius 2 is 1.55 bits per heavy atom. The van der Waals surface area contributed by atoms with Gasteiger partial charge in [0.05, 0.1) is 6.54 Å². The number of amides is 2. The molecule has 11 heteroatoms. The van der Waals surface area contributed by atoms with E-state index in [2.05, 4.69) is 0 Å². The van der Waals surface area contributed by atoms with E-state index in [1.165, 1.54) is 5.32 Å². The molecule has 2 unspecified atom stereocenters. The third kappa shape index (κ3) is 4.77. The van der Waals surface area contributed by atoms with Crippen LogP contribution in [0.3, 0.4) is 0 Å². The minimum atomic E-state index is -5.24. The number of carboxylic acid groups (broad SMARTS) is 1. The van der Waals surface area contributed by atoms with E-state index in [1.54, 1.807) is 17.4 Å². The minimum absolute atomic E-state index is 0.271. The number of rotatable bonds is 7. The predicted octanol–water partition coefficient (Wildman–Crippen LogP) is 2.41. The molecule has 8 nitrogen and oxygen atoms in total. The van der Waals surface area contributed by atoms with Crippen molar-refractivity contribution >= 4 is 18.0 Å². The van der Waals surface area contributed by atoms with Crippen molar-refractivity contribution in [2.24, 2.45) is 0 Å². The molecule has 0 saturated heterocycles. The monoisotopic (exact) mass is 466 g/mol. The summed E-state index contributed by atoms with van der Waals surface area (Å²) < 4.78 is 45.9. The van der Waals surface area contributed by atoms with Crippen LogP contribution in [0.1, 0.15) is 24.0 Å². The van der Waals surface area contributed by atoms with Crippen LogP contribution in [-0.2, 0) is 14.3 Å². The Balaban J connectivity index is 1.72. The lowest BCUT2D eigenvalue weighted by Crippen LogP contribution is -2.66. The number of benzene rings is 2. The summed E-state index contributed by atoms with van der Waals surface area (Å²) in [7, 11) is 0. The standard InChI is InChI=1S/C22H21F3N2O6/c1-21(22(23,24)25,19(31)26-10-17(28)18(29)30)27-20(32)33-11-16-14-8-4-2-6-12(14)13-7-3-5-9-15(13)16/h2-9,16-17,28H,10-11H2,1H3,(H,26,31)(H,27,32)(H,29,30). The third-order valence-corrected chi connectivity index (χ3v) is 5.46. The molecule has 33 heavy (non-hydrogen) atoms. The van der Waals surface area contributed by atoms with Crippen molar-refractivity contribution < 1.29 is 42.5 Å². The van der Waals surface area contributed by atoms with Crippen LogP contribution in [0.2, 0.25) is 0 Å². The van der Waals surface area contributed by atoms with E-state index in [0.29, 0.717) is 6.92 Å². The number of alkyl carbamates (subject to hydrolysis) is 1. The maximum absolute atomic E-state index is 13.6. The second kappa shape index (κ2) is 9.10. The van der Waals surface area contributed by atoms with Crippen LogP contribution in [0.5, 0.6) is 0 Å². The molecule has 1 aliphatic carbocycles. The zero-order valence-electron chi connectivity index (χ0n) is 17.3. The fourth-order valence-corrected chi connectivity index (χ4v) is 3.55. The van der Waals surface area contributed by atoms with Gasteiger partial charge in [0.1, 0.15) is 6.61 Å². The molecular formula is C22H21F3N2O6. The number of hydrogen-bond acceptors (Lipinski definition) is 5. The number of alkyl halides is 3. The third-order valence-electron chi connectivity index (χ3n) is 5.46. The Labute approximate surface area is 186 Å². The molecule has 0 saturated carbocycles. The van der Waals surface area contributed by atoms with Crippen LogP contribution >= 0.6 is 0 Å². The second-order valence-electron chi connectivity index (χ2n) is 7.64. The topological polar surface area (TPSA) is 125 Å². The summed E-state index contributed by atoms with van der Waals surface area (Å²) in [5.74, 6) is -3.88. The molecule has 0 fully saturated rings. The van der Waals surface area contributed by atoms with E-state index in [-0.39, 0.29) is 6.61 Å². The van der Waals surface area contributed by atoms with E-state index >= 15 is 0 Å². The van der Waals surface area contributed by atoms with Gasteiger partial charge in [-0.1, -0.05) is 48.5 Å². The molecule has 0 aliphatic heterocycles. The molecule has 2 aromatic carbocycles. The van der Waals surface area contributed by atoms with Gasteiger partial charge in [-0.2, -0.15) is 13.2 Å². The molecule has 0 radical (unpaired) electrons.